The smallest absolute Gasteiger partial charge is 0.316 e. The molecular formula is C27H29ClN4O4S. The van der Waals surface area contributed by atoms with E-state index in [9.17, 15) is 13.2 Å². The van der Waals surface area contributed by atoms with Crippen LogP contribution in [-0.2, 0) is 10.0 Å². The number of anilines is 1. The van der Waals surface area contributed by atoms with Gasteiger partial charge in [0.15, 0.2) is 0 Å². The Morgan fingerprint density at radius 2 is 1.70 bits per heavy atom. The van der Waals surface area contributed by atoms with Crippen LogP contribution in [-0.4, -0.2) is 54.8 Å². The van der Waals surface area contributed by atoms with Gasteiger partial charge in [0.05, 0.1) is 18.0 Å². The monoisotopic (exact) mass is 540 g/mol. The minimum Gasteiger partial charge on any atom is -0.483 e. The standard InChI is InChI=1S/C27H29ClN4O4S/c28-22-9-6-10-23(19-22)32-27(33)26(36-24-11-4-5-12-24)25(20-29-32)30-14-16-31(17-15-30)37(34,35)18-13-21-7-2-1-3-8-21/h1-3,6-10,13,18-20,24H,4-5,11-12,14-17H2/b18-13+. The molecule has 0 unspecified atom stereocenters. The molecule has 10 heteroatoms. The Hall–Kier alpha value is -3.14. The first-order valence-electron chi connectivity index (χ1n) is 12.4. The third-order valence-electron chi connectivity index (χ3n) is 6.73. The van der Waals surface area contributed by atoms with Gasteiger partial charge in [0.25, 0.3) is 0 Å². The fourth-order valence-electron chi connectivity index (χ4n) is 4.73. The van der Waals surface area contributed by atoms with Crippen LogP contribution in [0.1, 0.15) is 31.2 Å². The third-order valence-corrected chi connectivity index (χ3v) is 8.53. The number of sulfonamides is 1. The van der Waals surface area contributed by atoms with Crippen LogP contribution in [0.4, 0.5) is 5.69 Å². The molecular weight excluding hydrogens is 512 g/mol. The van der Waals surface area contributed by atoms with E-state index in [1.54, 1.807) is 36.5 Å². The van der Waals surface area contributed by atoms with E-state index in [1.165, 1.54) is 14.4 Å². The van der Waals surface area contributed by atoms with Gasteiger partial charge in [-0.05, 0) is 55.5 Å². The number of benzene rings is 2. The first-order valence-corrected chi connectivity index (χ1v) is 14.3. The molecule has 2 aromatic carbocycles. The molecule has 2 fully saturated rings. The van der Waals surface area contributed by atoms with Gasteiger partial charge in [-0.3, -0.25) is 4.79 Å². The van der Waals surface area contributed by atoms with E-state index in [2.05, 4.69) is 5.10 Å². The molecule has 194 valence electrons. The van der Waals surface area contributed by atoms with Crippen LogP contribution in [0.2, 0.25) is 5.02 Å². The van der Waals surface area contributed by atoms with E-state index in [4.69, 9.17) is 16.3 Å². The summed E-state index contributed by atoms with van der Waals surface area (Å²) in [6.07, 6.45) is 7.16. The minimum atomic E-state index is -3.57. The van der Waals surface area contributed by atoms with Gasteiger partial charge in [-0.1, -0.05) is 48.0 Å². The Bertz CT molecular complexity index is 1430. The quantitative estimate of drug-likeness (QED) is 0.443. The number of nitrogens with zero attached hydrogens (tertiary/aromatic N) is 4. The summed E-state index contributed by atoms with van der Waals surface area (Å²) in [7, 11) is -3.57. The number of halogens is 1. The Morgan fingerprint density at radius 3 is 2.41 bits per heavy atom. The number of rotatable bonds is 7. The zero-order valence-corrected chi connectivity index (χ0v) is 21.9. The second-order valence-electron chi connectivity index (χ2n) is 9.22. The van der Waals surface area contributed by atoms with E-state index >= 15 is 0 Å². The normalized spacial score (nSPS) is 17.5. The maximum atomic E-state index is 13.6. The Labute approximate surface area is 221 Å². The first kappa shape index (κ1) is 25.5. The summed E-state index contributed by atoms with van der Waals surface area (Å²) < 4.78 is 34.8. The molecule has 0 radical (unpaired) electrons. The van der Waals surface area contributed by atoms with Gasteiger partial charge in [0, 0.05) is 36.6 Å². The Kier molecular flexibility index (Phi) is 7.64. The van der Waals surface area contributed by atoms with Crippen LogP contribution in [0, 0.1) is 0 Å². The van der Waals surface area contributed by atoms with Crippen LogP contribution in [0.15, 0.2) is 71.0 Å². The van der Waals surface area contributed by atoms with Crippen LogP contribution >= 0.6 is 11.6 Å². The van der Waals surface area contributed by atoms with Gasteiger partial charge in [-0.15, -0.1) is 0 Å². The summed E-state index contributed by atoms with van der Waals surface area (Å²) in [6.45, 7) is 1.42. The molecule has 1 aromatic heterocycles. The largest absolute Gasteiger partial charge is 0.483 e. The maximum absolute atomic E-state index is 13.6. The molecule has 0 bridgehead atoms. The lowest BCUT2D eigenvalue weighted by Gasteiger charge is -2.35. The van der Waals surface area contributed by atoms with Crippen molar-refractivity contribution in [3.63, 3.8) is 0 Å². The second kappa shape index (κ2) is 11.1. The highest BCUT2D eigenvalue weighted by atomic mass is 35.5. The number of aromatic nitrogens is 2. The summed E-state index contributed by atoms with van der Waals surface area (Å²) in [5.74, 6) is 0.252. The lowest BCUT2D eigenvalue weighted by Crippen LogP contribution is -2.48. The van der Waals surface area contributed by atoms with Crippen LogP contribution in [0.3, 0.4) is 0 Å². The molecule has 1 saturated carbocycles. The average molecular weight is 541 g/mol. The lowest BCUT2D eigenvalue weighted by molar-refractivity contribution is 0.205. The lowest BCUT2D eigenvalue weighted by atomic mass is 10.2. The fraction of sp³-hybridized carbons (Fsp3) is 0.333. The van der Waals surface area contributed by atoms with Gasteiger partial charge in [0.2, 0.25) is 15.8 Å². The summed E-state index contributed by atoms with van der Waals surface area (Å²) in [5.41, 5.74) is 1.62. The predicted molar refractivity (Wildman–Crippen MR) is 146 cm³/mol. The van der Waals surface area contributed by atoms with Crippen molar-refractivity contribution in [1.82, 2.24) is 14.1 Å². The van der Waals surface area contributed by atoms with Crippen molar-refractivity contribution in [3.05, 3.63) is 87.1 Å². The van der Waals surface area contributed by atoms with Gasteiger partial charge >= 0.3 is 5.56 Å². The molecule has 3 aromatic rings. The summed E-state index contributed by atoms with van der Waals surface area (Å²) in [6, 6.07) is 16.3. The zero-order valence-electron chi connectivity index (χ0n) is 20.4. The highest BCUT2D eigenvalue weighted by molar-refractivity contribution is 7.92. The zero-order chi connectivity index (χ0) is 25.8. The number of hydrogen-bond donors (Lipinski definition) is 0. The molecule has 2 aliphatic rings. The van der Waals surface area contributed by atoms with Gasteiger partial charge in [-0.25, -0.2) is 8.42 Å². The number of hydrogen-bond acceptors (Lipinski definition) is 6. The molecule has 1 aliphatic carbocycles. The Balaban J connectivity index is 1.38. The highest BCUT2D eigenvalue weighted by Crippen LogP contribution is 2.30. The van der Waals surface area contributed by atoms with E-state index in [0.29, 0.717) is 42.6 Å². The summed E-state index contributed by atoms with van der Waals surface area (Å²) in [5, 5.41) is 6.17. The topological polar surface area (TPSA) is 84.7 Å². The molecule has 37 heavy (non-hydrogen) atoms. The van der Waals surface area contributed by atoms with Gasteiger partial charge in [0.1, 0.15) is 5.69 Å². The van der Waals surface area contributed by atoms with E-state index < -0.39 is 10.0 Å². The summed E-state index contributed by atoms with van der Waals surface area (Å²) >= 11 is 6.14. The van der Waals surface area contributed by atoms with Crippen molar-refractivity contribution in [2.75, 3.05) is 31.1 Å². The number of piperazine rings is 1. The van der Waals surface area contributed by atoms with Crippen molar-refractivity contribution in [3.8, 4) is 11.4 Å². The fourth-order valence-corrected chi connectivity index (χ4v) is 6.09. The molecule has 2 heterocycles. The minimum absolute atomic E-state index is 0.0218. The van der Waals surface area contributed by atoms with Crippen LogP contribution in [0.25, 0.3) is 11.8 Å². The van der Waals surface area contributed by atoms with E-state index in [-0.39, 0.29) is 17.4 Å². The van der Waals surface area contributed by atoms with Crippen LogP contribution in [0.5, 0.6) is 5.75 Å². The van der Waals surface area contributed by atoms with Crippen LogP contribution < -0.4 is 15.2 Å². The molecule has 0 atom stereocenters. The molecule has 0 spiro atoms. The van der Waals surface area contributed by atoms with Crippen molar-refractivity contribution in [2.24, 2.45) is 0 Å². The predicted octanol–water partition coefficient (Wildman–Crippen LogP) is 4.33. The molecule has 1 saturated heterocycles. The van der Waals surface area contributed by atoms with Gasteiger partial charge < -0.3 is 9.64 Å². The molecule has 0 N–H and O–H groups in total. The van der Waals surface area contributed by atoms with Crippen molar-refractivity contribution < 1.29 is 13.2 Å². The van der Waals surface area contributed by atoms with E-state index in [0.717, 1.165) is 31.2 Å². The van der Waals surface area contributed by atoms with Crippen molar-refractivity contribution in [1.29, 1.82) is 0 Å². The maximum Gasteiger partial charge on any atom is 0.316 e. The molecule has 5 rings (SSSR count). The average Bonchev–Trinajstić information content (AvgIpc) is 3.43. The number of ether oxygens (including phenoxy) is 1. The highest BCUT2D eigenvalue weighted by Gasteiger charge is 2.29. The SMILES string of the molecule is O=c1c(OC2CCCC2)c(N2CCN(S(=O)(=O)/C=C/c3ccccc3)CC2)cnn1-c1cccc(Cl)c1. The second-order valence-corrected chi connectivity index (χ2v) is 11.5. The van der Waals surface area contributed by atoms with Crippen molar-refractivity contribution in [2.45, 2.75) is 31.8 Å². The van der Waals surface area contributed by atoms with Crippen molar-refractivity contribution >= 4 is 33.4 Å². The summed E-state index contributed by atoms with van der Waals surface area (Å²) in [4.78, 5) is 15.5. The third kappa shape index (κ3) is 5.89. The molecule has 1 aliphatic heterocycles. The van der Waals surface area contributed by atoms with E-state index in [1.807, 2.05) is 35.2 Å². The Morgan fingerprint density at radius 1 is 0.973 bits per heavy atom. The first-order chi connectivity index (χ1) is 17.9. The molecule has 8 nitrogen and oxygen atoms in total. The molecule has 0 amide bonds. The van der Waals surface area contributed by atoms with Gasteiger partial charge in [-0.2, -0.15) is 14.1 Å².